The van der Waals surface area contributed by atoms with Gasteiger partial charge in [0.15, 0.2) is 0 Å². The first-order valence-corrected chi connectivity index (χ1v) is 5.54. The standard InChI is InChI=1S/C8H15BOS/c1-3-8-4-11-6(5(8)2)7(9)10-8/h5-7H,3-4,9H2,1-2H3. The average molecular weight is 170 g/mol. The molecule has 11 heavy (non-hydrogen) atoms. The zero-order valence-electron chi connectivity index (χ0n) is 7.46. The van der Waals surface area contributed by atoms with Crippen LogP contribution in [0.2, 0.25) is 0 Å². The smallest absolute Gasteiger partial charge is 0.140 e. The van der Waals surface area contributed by atoms with Gasteiger partial charge in [-0.05, 0) is 12.3 Å². The van der Waals surface area contributed by atoms with E-state index in [2.05, 4.69) is 33.5 Å². The number of hydrogen-bond donors (Lipinski definition) is 0. The van der Waals surface area contributed by atoms with Gasteiger partial charge < -0.3 is 4.74 Å². The molecule has 2 heterocycles. The van der Waals surface area contributed by atoms with Gasteiger partial charge >= 0.3 is 0 Å². The van der Waals surface area contributed by atoms with E-state index in [-0.39, 0.29) is 5.60 Å². The first-order valence-electron chi connectivity index (χ1n) is 4.49. The monoisotopic (exact) mass is 170 g/mol. The van der Waals surface area contributed by atoms with E-state index >= 15 is 0 Å². The van der Waals surface area contributed by atoms with Crippen LogP contribution in [0.5, 0.6) is 0 Å². The minimum absolute atomic E-state index is 0.245. The Morgan fingerprint density at radius 1 is 1.73 bits per heavy atom. The molecule has 0 amide bonds. The molecule has 0 aromatic carbocycles. The molecule has 3 heteroatoms. The van der Waals surface area contributed by atoms with Gasteiger partial charge in [0.1, 0.15) is 7.85 Å². The summed E-state index contributed by atoms with van der Waals surface area (Å²) in [5.41, 5.74) is 0.245. The molecule has 2 rings (SSSR count). The normalized spacial score (nSPS) is 55.3. The van der Waals surface area contributed by atoms with Gasteiger partial charge in [0.25, 0.3) is 0 Å². The van der Waals surface area contributed by atoms with Crippen molar-refractivity contribution in [1.82, 2.24) is 0 Å². The van der Waals surface area contributed by atoms with E-state index in [4.69, 9.17) is 4.74 Å². The minimum atomic E-state index is 0.245. The fraction of sp³-hybridized carbons (Fsp3) is 1.00. The Labute approximate surface area is 73.7 Å². The maximum absolute atomic E-state index is 5.99. The molecule has 4 unspecified atom stereocenters. The van der Waals surface area contributed by atoms with Crippen LogP contribution >= 0.6 is 11.8 Å². The molecule has 0 radical (unpaired) electrons. The molecule has 2 saturated heterocycles. The molecule has 2 aliphatic rings. The Kier molecular flexibility index (Phi) is 1.77. The highest BCUT2D eigenvalue weighted by molar-refractivity contribution is 8.00. The molecule has 0 saturated carbocycles. The van der Waals surface area contributed by atoms with Crippen LogP contribution in [0.1, 0.15) is 20.3 Å². The van der Waals surface area contributed by atoms with E-state index in [1.54, 1.807) is 0 Å². The number of fused-ring (bicyclic) bond motifs is 2. The van der Waals surface area contributed by atoms with Crippen molar-refractivity contribution in [3.63, 3.8) is 0 Å². The molecule has 2 bridgehead atoms. The highest BCUT2D eigenvalue weighted by atomic mass is 32.2. The molecule has 0 aliphatic carbocycles. The molecule has 0 N–H and O–H groups in total. The minimum Gasteiger partial charge on any atom is -0.378 e. The van der Waals surface area contributed by atoms with Gasteiger partial charge in [-0.3, -0.25) is 0 Å². The van der Waals surface area contributed by atoms with Crippen molar-refractivity contribution in [1.29, 1.82) is 0 Å². The van der Waals surface area contributed by atoms with Gasteiger partial charge in [0.05, 0.1) is 5.60 Å². The summed E-state index contributed by atoms with van der Waals surface area (Å²) >= 11 is 2.11. The van der Waals surface area contributed by atoms with Crippen LogP contribution in [-0.4, -0.2) is 30.5 Å². The maximum atomic E-state index is 5.99. The lowest BCUT2D eigenvalue weighted by Crippen LogP contribution is -2.35. The molecular formula is C8H15BOS. The van der Waals surface area contributed by atoms with Crippen molar-refractivity contribution in [3.05, 3.63) is 0 Å². The van der Waals surface area contributed by atoms with Gasteiger partial charge in [-0.1, -0.05) is 13.8 Å². The predicted molar refractivity (Wildman–Crippen MR) is 51.8 cm³/mol. The van der Waals surface area contributed by atoms with Crippen LogP contribution in [-0.2, 0) is 4.74 Å². The number of thioether (sulfide) groups is 1. The Bertz CT molecular complexity index is 175. The summed E-state index contributed by atoms with van der Waals surface area (Å²) in [4.78, 5) is 0. The van der Waals surface area contributed by atoms with Gasteiger partial charge in [-0.15, -0.1) is 0 Å². The second-order valence-electron chi connectivity index (χ2n) is 3.81. The van der Waals surface area contributed by atoms with E-state index in [9.17, 15) is 0 Å². The van der Waals surface area contributed by atoms with Crippen molar-refractivity contribution in [3.8, 4) is 0 Å². The quantitative estimate of drug-likeness (QED) is 0.540. The molecule has 4 atom stereocenters. The maximum Gasteiger partial charge on any atom is 0.140 e. The fourth-order valence-electron chi connectivity index (χ4n) is 2.44. The van der Waals surface area contributed by atoms with Crippen molar-refractivity contribution in [2.45, 2.75) is 37.1 Å². The summed E-state index contributed by atoms with van der Waals surface area (Å²) in [6, 6.07) is 0.490. The molecule has 62 valence electrons. The predicted octanol–water partition coefficient (Wildman–Crippen LogP) is 0.876. The Morgan fingerprint density at radius 2 is 2.45 bits per heavy atom. The molecule has 2 fully saturated rings. The molecule has 2 aliphatic heterocycles. The van der Waals surface area contributed by atoms with Crippen LogP contribution < -0.4 is 0 Å². The van der Waals surface area contributed by atoms with E-state index in [0.29, 0.717) is 6.00 Å². The lowest BCUT2D eigenvalue weighted by molar-refractivity contribution is -0.0154. The third-order valence-electron chi connectivity index (χ3n) is 3.32. The summed E-state index contributed by atoms with van der Waals surface area (Å²) in [5.74, 6) is 1.99. The highest BCUT2D eigenvalue weighted by Gasteiger charge is 2.55. The van der Waals surface area contributed by atoms with Crippen LogP contribution in [0.3, 0.4) is 0 Å². The topological polar surface area (TPSA) is 9.23 Å². The lowest BCUT2D eigenvalue weighted by Gasteiger charge is -2.29. The van der Waals surface area contributed by atoms with Crippen molar-refractivity contribution < 1.29 is 4.74 Å². The zero-order valence-corrected chi connectivity index (χ0v) is 8.28. The summed E-state index contributed by atoms with van der Waals surface area (Å²) < 4.78 is 5.99. The lowest BCUT2D eigenvalue weighted by atomic mass is 9.85. The molecule has 0 aromatic rings. The van der Waals surface area contributed by atoms with Crippen LogP contribution in [0, 0.1) is 5.92 Å². The second kappa shape index (κ2) is 2.43. The number of rotatable bonds is 1. The third kappa shape index (κ3) is 0.904. The first kappa shape index (κ1) is 8.00. The molecule has 1 nitrogen and oxygen atoms in total. The molecule has 0 spiro atoms. The van der Waals surface area contributed by atoms with Crippen molar-refractivity contribution in [2.75, 3.05) is 5.75 Å². The van der Waals surface area contributed by atoms with Crippen molar-refractivity contribution in [2.24, 2.45) is 5.92 Å². The summed E-state index contributed by atoms with van der Waals surface area (Å²) in [5, 5.41) is 0.773. The Balaban J connectivity index is 2.24. The van der Waals surface area contributed by atoms with E-state index < -0.39 is 0 Å². The van der Waals surface area contributed by atoms with Gasteiger partial charge in [-0.2, -0.15) is 11.8 Å². The highest BCUT2D eigenvalue weighted by Crippen LogP contribution is 2.52. The largest absolute Gasteiger partial charge is 0.378 e. The summed E-state index contributed by atoms with van der Waals surface area (Å²) in [6.07, 6.45) is 1.18. The first-order chi connectivity index (χ1) is 5.19. The van der Waals surface area contributed by atoms with E-state index in [0.717, 1.165) is 11.2 Å². The van der Waals surface area contributed by atoms with Crippen LogP contribution in [0.25, 0.3) is 0 Å². The van der Waals surface area contributed by atoms with Crippen molar-refractivity contribution >= 4 is 19.6 Å². The van der Waals surface area contributed by atoms with E-state index in [1.165, 1.54) is 12.2 Å². The Morgan fingerprint density at radius 3 is 2.73 bits per heavy atom. The summed E-state index contributed by atoms with van der Waals surface area (Å²) in [7, 11) is 2.21. The van der Waals surface area contributed by atoms with Gasteiger partial charge in [0, 0.05) is 17.0 Å². The number of hydrogen-bond acceptors (Lipinski definition) is 2. The average Bonchev–Trinajstić information content (AvgIpc) is 2.42. The van der Waals surface area contributed by atoms with Crippen LogP contribution in [0.4, 0.5) is 0 Å². The van der Waals surface area contributed by atoms with Gasteiger partial charge in [-0.25, -0.2) is 0 Å². The van der Waals surface area contributed by atoms with E-state index in [1.807, 2.05) is 0 Å². The SMILES string of the molecule is BC1OC2(CC)CSC1C2C. The summed E-state index contributed by atoms with van der Waals surface area (Å²) in [6.45, 7) is 4.59. The second-order valence-corrected chi connectivity index (χ2v) is 4.97. The Hall–Kier alpha value is 0.375. The molecule has 0 aromatic heterocycles. The van der Waals surface area contributed by atoms with Crippen LogP contribution in [0.15, 0.2) is 0 Å². The number of ether oxygens (including phenoxy) is 1. The third-order valence-corrected chi connectivity index (χ3v) is 5.16. The zero-order chi connectivity index (χ0) is 8.06. The molecular weight excluding hydrogens is 155 g/mol. The fourth-order valence-corrected chi connectivity index (χ4v) is 4.31. The van der Waals surface area contributed by atoms with Gasteiger partial charge in [0.2, 0.25) is 0 Å².